The van der Waals surface area contributed by atoms with Crippen LogP contribution in [0.2, 0.25) is 0 Å². The van der Waals surface area contributed by atoms with Crippen molar-refractivity contribution in [1.82, 2.24) is 0 Å². The maximum absolute atomic E-state index is 5.56. The first-order valence-corrected chi connectivity index (χ1v) is 7.49. The number of ether oxygens (including phenoxy) is 1. The Bertz CT molecular complexity index is 765. The number of anilines is 2. The van der Waals surface area contributed by atoms with Crippen molar-refractivity contribution >= 4 is 34.5 Å². The van der Waals surface area contributed by atoms with Crippen LogP contribution in [-0.4, -0.2) is 26.1 Å². The van der Waals surface area contributed by atoms with Gasteiger partial charge in [0.1, 0.15) is 5.75 Å². The van der Waals surface area contributed by atoms with Gasteiger partial charge in [-0.05, 0) is 24.3 Å². The van der Waals surface area contributed by atoms with E-state index in [0.29, 0.717) is 0 Å². The lowest BCUT2D eigenvalue weighted by Crippen LogP contribution is -2.08. The molecule has 3 rings (SSSR count). The largest absolute Gasteiger partial charge is 0.496 e. The number of methoxy groups -OCH3 is 1. The van der Waals surface area contributed by atoms with E-state index in [1.165, 1.54) is 0 Å². The molecule has 0 radical (unpaired) electrons. The Kier molecular flexibility index (Phi) is 3.86. The van der Waals surface area contributed by atoms with Gasteiger partial charge >= 0.3 is 0 Å². The standard InChI is InChI=1S/C18H18N2OS/c1-20(2)13-9-8-12(17(11-13)21-3)10-16-18(22)14-6-4-5-7-15(14)19-16/h4-11,19H,1-3H3. The third-order valence-electron chi connectivity index (χ3n) is 3.72. The maximum Gasteiger partial charge on any atom is 0.128 e. The first-order valence-electron chi connectivity index (χ1n) is 7.08. The smallest absolute Gasteiger partial charge is 0.128 e. The molecule has 0 unspecified atom stereocenters. The molecule has 0 aromatic heterocycles. The molecular formula is C18H18N2OS. The molecule has 0 fully saturated rings. The number of allylic oxidation sites excluding steroid dienone is 1. The summed E-state index contributed by atoms with van der Waals surface area (Å²) < 4.78 is 5.52. The van der Waals surface area contributed by atoms with Gasteiger partial charge in [-0.1, -0.05) is 30.4 Å². The van der Waals surface area contributed by atoms with Crippen LogP contribution in [0.1, 0.15) is 11.1 Å². The highest BCUT2D eigenvalue weighted by Crippen LogP contribution is 2.32. The predicted octanol–water partition coefficient (Wildman–Crippen LogP) is 3.95. The molecule has 1 N–H and O–H groups in total. The predicted molar refractivity (Wildman–Crippen MR) is 97.1 cm³/mol. The molecule has 0 spiro atoms. The van der Waals surface area contributed by atoms with E-state index in [-0.39, 0.29) is 0 Å². The van der Waals surface area contributed by atoms with Gasteiger partial charge in [0.2, 0.25) is 0 Å². The van der Waals surface area contributed by atoms with Crippen LogP contribution in [0.15, 0.2) is 48.2 Å². The zero-order valence-corrected chi connectivity index (χ0v) is 13.7. The fraction of sp³-hybridized carbons (Fsp3) is 0.167. The Balaban J connectivity index is 1.98. The molecule has 2 aromatic rings. The van der Waals surface area contributed by atoms with Gasteiger partial charge in [-0.2, -0.15) is 0 Å². The Hall–Kier alpha value is -2.33. The number of fused-ring (bicyclic) bond motifs is 1. The van der Waals surface area contributed by atoms with E-state index >= 15 is 0 Å². The summed E-state index contributed by atoms with van der Waals surface area (Å²) in [4.78, 5) is 2.89. The monoisotopic (exact) mass is 310 g/mol. The number of thiocarbonyl (C=S) groups is 1. The van der Waals surface area contributed by atoms with Gasteiger partial charge in [0, 0.05) is 42.7 Å². The molecule has 112 valence electrons. The Labute approximate surface area is 136 Å². The molecule has 0 bridgehead atoms. The number of rotatable bonds is 3. The summed E-state index contributed by atoms with van der Waals surface area (Å²) in [5, 5.41) is 3.38. The van der Waals surface area contributed by atoms with Crippen molar-refractivity contribution in [2.75, 3.05) is 31.4 Å². The van der Waals surface area contributed by atoms with Gasteiger partial charge in [-0.15, -0.1) is 0 Å². The Morgan fingerprint density at radius 3 is 2.59 bits per heavy atom. The third-order valence-corrected chi connectivity index (χ3v) is 4.16. The number of hydrogen-bond acceptors (Lipinski definition) is 4. The summed E-state index contributed by atoms with van der Waals surface area (Å²) in [6.45, 7) is 0. The van der Waals surface area contributed by atoms with Crippen LogP contribution in [0.5, 0.6) is 5.75 Å². The van der Waals surface area contributed by atoms with Crippen molar-refractivity contribution in [2.45, 2.75) is 0 Å². The average Bonchev–Trinajstić information content (AvgIpc) is 2.84. The average molecular weight is 310 g/mol. The second kappa shape index (κ2) is 5.81. The normalized spacial score (nSPS) is 14.7. The molecule has 1 aliphatic heterocycles. The van der Waals surface area contributed by atoms with Crippen molar-refractivity contribution < 1.29 is 4.74 Å². The lowest BCUT2D eigenvalue weighted by Gasteiger charge is -2.15. The zero-order valence-electron chi connectivity index (χ0n) is 12.9. The van der Waals surface area contributed by atoms with Crippen molar-refractivity contribution in [3.8, 4) is 5.75 Å². The van der Waals surface area contributed by atoms with Gasteiger partial charge in [0.25, 0.3) is 0 Å². The molecule has 0 aliphatic carbocycles. The number of para-hydroxylation sites is 1. The second-order valence-electron chi connectivity index (χ2n) is 5.38. The van der Waals surface area contributed by atoms with E-state index in [4.69, 9.17) is 17.0 Å². The highest BCUT2D eigenvalue weighted by atomic mass is 32.1. The summed E-state index contributed by atoms with van der Waals surface area (Å²) in [5.74, 6) is 0.833. The molecule has 0 saturated heterocycles. The summed E-state index contributed by atoms with van der Waals surface area (Å²) >= 11 is 5.56. The minimum Gasteiger partial charge on any atom is -0.496 e. The van der Waals surface area contributed by atoms with Crippen LogP contribution in [0, 0.1) is 0 Å². The highest BCUT2D eigenvalue weighted by molar-refractivity contribution is 7.81. The summed E-state index contributed by atoms with van der Waals surface area (Å²) in [7, 11) is 5.71. The van der Waals surface area contributed by atoms with Crippen molar-refractivity contribution in [3.05, 3.63) is 59.3 Å². The summed E-state index contributed by atoms with van der Waals surface area (Å²) in [5.41, 5.74) is 5.18. The van der Waals surface area contributed by atoms with Crippen LogP contribution in [-0.2, 0) is 0 Å². The van der Waals surface area contributed by atoms with Crippen molar-refractivity contribution in [3.63, 3.8) is 0 Å². The first-order chi connectivity index (χ1) is 10.6. The minimum absolute atomic E-state index is 0.833. The first kappa shape index (κ1) is 14.6. The molecule has 1 heterocycles. The number of nitrogens with one attached hydrogen (secondary N) is 1. The highest BCUT2D eigenvalue weighted by Gasteiger charge is 2.20. The lowest BCUT2D eigenvalue weighted by atomic mass is 10.1. The topological polar surface area (TPSA) is 24.5 Å². The molecule has 2 aromatic carbocycles. The number of benzene rings is 2. The molecular weight excluding hydrogens is 292 g/mol. The number of hydrogen-bond donors (Lipinski definition) is 1. The molecule has 3 nitrogen and oxygen atoms in total. The van der Waals surface area contributed by atoms with Crippen LogP contribution in [0.4, 0.5) is 11.4 Å². The lowest BCUT2D eigenvalue weighted by molar-refractivity contribution is 0.414. The van der Waals surface area contributed by atoms with E-state index < -0.39 is 0 Å². The van der Waals surface area contributed by atoms with Crippen LogP contribution >= 0.6 is 12.2 Å². The quantitative estimate of drug-likeness (QED) is 0.685. The van der Waals surface area contributed by atoms with E-state index in [0.717, 1.165) is 38.8 Å². The second-order valence-corrected chi connectivity index (χ2v) is 5.79. The van der Waals surface area contributed by atoms with Crippen LogP contribution in [0.25, 0.3) is 6.08 Å². The molecule has 4 heteroatoms. The van der Waals surface area contributed by atoms with Crippen molar-refractivity contribution in [2.24, 2.45) is 0 Å². The van der Waals surface area contributed by atoms with Gasteiger partial charge < -0.3 is 15.0 Å². The van der Waals surface area contributed by atoms with Gasteiger partial charge in [-0.25, -0.2) is 0 Å². The fourth-order valence-corrected chi connectivity index (χ4v) is 2.78. The molecule has 1 aliphatic rings. The molecule has 0 amide bonds. The molecule has 22 heavy (non-hydrogen) atoms. The SMILES string of the molecule is COc1cc(N(C)C)ccc1C=C1Nc2ccccc2C1=S. The van der Waals surface area contributed by atoms with E-state index in [9.17, 15) is 0 Å². The molecule has 0 saturated carbocycles. The zero-order chi connectivity index (χ0) is 15.7. The van der Waals surface area contributed by atoms with Gasteiger partial charge in [0.05, 0.1) is 17.7 Å². The van der Waals surface area contributed by atoms with E-state index in [1.54, 1.807) is 7.11 Å². The van der Waals surface area contributed by atoms with E-state index in [1.807, 2.05) is 55.4 Å². The minimum atomic E-state index is 0.833. The summed E-state index contributed by atoms with van der Waals surface area (Å²) in [6.07, 6.45) is 2.04. The van der Waals surface area contributed by atoms with Crippen molar-refractivity contribution in [1.29, 1.82) is 0 Å². The third kappa shape index (κ3) is 2.57. The Morgan fingerprint density at radius 2 is 1.91 bits per heavy atom. The summed E-state index contributed by atoms with van der Waals surface area (Å²) in [6, 6.07) is 14.2. The molecule has 0 atom stereocenters. The maximum atomic E-state index is 5.56. The van der Waals surface area contributed by atoms with Gasteiger partial charge in [-0.3, -0.25) is 0 Å². The van der Waals surface area contributed by atoms with E-state index in [2.05, 4.69) is 17.4 Å². The number of nitrogens with zero attached hydrogens (tertiary/aromatic N) is 1. The van der Waals surface area contributed by atoms with Crippen LogP contribution < -0.4 is 15.0 Å². The van der Waals surface area contributed by atoms with Crippen LogP contribution in [0.3, 0.4) is 0 Å². The van der Waals surface area contributed by atoms with Gasteiger partial charge in [0.15, 0.2) is 0 Å². The fourth-order valence-electron chi connectivity index (χ4n) is 2.49. The Morgan fingerprint density at radius 1 is 1.14 bits per heavy atom.